The number of aromatic nitrogens is 2. The molecule has 4 aromatic rings. The van der Waals surface area contributed by atoms with Gasteiger partial charge in [-0.15, -0.1) is 0 Å². The van der Waals surface area contributed by atoms with E-state index in [0.717, 1.165) is 16.6 Å². The lowest BCUT2D eigenvalue weighted by atomic mass is 10.1. The van der Waals surface area contributed by atoms with Gasteiger partial charge in [-0.3, -0.25) is 10.1 Å². The van der Waals surface area contributed by atoms with Crippen LogP contribution in [-0.2, 0) is 0 Å². The maximum Gasteiger partial charge on any atom is 0.269 e. The van der Waals surface area contributed by atoms with Crippen molar-refractivity contribution in [3.8, 4) is 17.5 Å². The van der Waals surface area contributed by atoms with E-state index in [2.05, 4.69) is 21.4 Å². The average Bonchev–Trinajstić information content (AvgIpc) is 2.74. The van der Waals surface area contributed by atoms with E-state index < -0.39 is 4.92 Å². The topological polar surface area (TPSA) is 105 Å². The van der Waals surface area contributed by atoms with Crippen molar-refractivity contribution in [1.29, 1.82) is 5.26 Å². The van der Waals surface area contributed by atoms with E-state index >= 15 is 0 Å². The molecule has 4 rings (SSSR count). The van der Waals surface area contributed by atoms with Crippen LogP contribution in [0.1, 0.15) is 5.56 Å². The minimum atomic E-state index is -0.444. The third-order valence-corrected chi connectivity index (χ3v) is 4.19. The average molecular weight is 367 g/mol. The molecule has 134 valence electrons. The van der Waals surface area contributed by atoms with Crippen molar-refractivity contribution in [2.75, 3.05) is 5.32 Å². The lowest BCUT2D eigenvalue weighted by molar-refractivity contribution is -0.384. The van der Waals surface area contributed by atoms with Gasteiger partial charge in [0.05, 0.1) is 22.1 Å². The molecule has 0 atom stereocenters. The van der Waals surface area contributed by atoms with Gasteiger partial charge < -0.3 is 5.32 Å². The Morgan fingerprint density at radius 2 is 1.75 bits per heavy atom. The minimum Gasteiger partial charge on any atom is -0.340 e. The number of anilines is 2. The van der Waals surface area contributed by atoms with Crippen LogP contribution in [0.5, 0.6) is 0 Å². The molecule has 1 heterocycles. The molecule has 0 fully saturated rings. The molecule has 3 aromatic carbocycles. The predicted molar refractivity (Wildman–Crippen MR) is 106 cm³/mol. The van der Waals surface area contributed by atoms with Crippen LogP contribution in [0.4, 0.5) is 17.2 Å². The van der Waals surface area contributed by atoms with E-state index in [1.807, 2.05) is 30.3 Å². The Kier molecular flexibility index (Phi) is 4.36. The summed E-state index contributed by atoms with van der Waals surface area (Å²) in [5, 5.41) is 24.1. The minimum absolute atomic E-state index is 0.0104. The molecule has 0 aliphatic rings. The van der Waals surface area contributed by atoms with Crippen molar-refractivity contribution in [3.05, 3.63) is 88.5 Å². The van der Waals surface area contributed by atoms with Crippen molar-refractivity contribution in [3.63, 3.8) is 0 Å². The smallest absolute Gasteiger partial charge is 0.269 e. The second kappa shape index (κ2) is 7.13. The molecule has 0 aliphatic heterocycles. The number of fused-ring (bicyclic) bond motifs is 1. The molecule has 28 heavy (non-hydrogen) atoms. The molecule has 0 radical (unpaired) electrons. The lowest BCUT2D eigenvalue weighted by Gasteiger charge is -2.11. The van der Waals surface area contributed by atoms with Crippen molar-refractivity contribution in [2.45, 2.75) is 0 Å². The molecule has 0 spiro atoms. The lowest BCUT2D eigenvalue weighted by Crippen LogP contribution is -1.99. The molecule has 0 saturated heterocycles. The van der Waals surface area contributed by atoms with Crippen molar-refractivity contribution in [1.82, 2.24) is 9.97 Å². The first kappa shape index (κ1) is 17.1. The van der Waals surface area contributed by atoms with E-state index in [-0.39, 0.29) is 5.69 Å². The van der Waals surface area contributed by atoms with E-state index in [9.17, 15) is 10.1 Å². The van der Waals surface area contributed by atoms with Crippen molar-refractivity contribution >= 4 is 28.1 Å². The van der Waals surface area contributed by atoms with Crippen LogP contribution < -0.4 is 5.32 Å². The number of nitro benzene ring substituents is 1. The normalized spacial score (nSPS) is 10.4. The van der Waals surface area contributed by atoms with Gasteiger partial charge in [0.1, 0.15) is 5.82 Å². The number of nitriles is 1. The molecule has 7 heteroatoms. The van der Waals surface area contributed by atoms with Gasteiger partial charge in [-0.25, -0.2) is 9.97 Å². The van der Waals surface area contributed by atoms with Crippen LogP contribution in [0.3, 0.4) is 0 Å². The first-order valence-corrected chi connectivity index (χ1v) is 8.43. The van der Waals surface area contributed by atoms with Gasteiger partial charge in [0.2, 0.25) is 0 Å². The Morgan fingerprint density at radius 1 is 0.964 bits per heavy atom. The molecule has 0 bridgehead atoms. The van der Waals surface area contributed by atoms with Crippen LogP contribution in [0.15, 0.2) is 72.8 Å². The van der Waals surface area contributed by atoms with Crippen LogP contribution in [0, 0.1) is 21.4 Å². The summed E-state index contributed by atoms with van der Waals surface area (Å²) in [4.78, 5) is 19.6. The zero-order valence-electron chi connectivity index (χ0n) is 14.5. The number of rotatable bonds is 4. The highest BCUT2D eigenvalue weighted by Crippen LogP contribution is 2.28. The van der Waals surface area contributed by atoms with Crippen molar-refractivity contribution in [2.24, 2.45) is 0 Å². The highest BCUT2D eigenvalue weighted by atomic mass is 16.6. The van der Waals surface area contributed by atoms with Gasteiger partial charge in [-0.05, 0) is 42.5 Å². The fraction of sp³-hybridized carbons (Fsp3) is 0. The number of nitrogens with one attached hydrogen (secondary N) is 1. The van der Waals surface area contributed by atoms with Gasteiger partial charge in [-0.1, -0.05) is 18.2 Å². The Balaban J connectivity index is 1.81. The number of hydrogen-bond donors (Lipinski definition) is 1. The summed E-state index contributed by atoms with van der Waals surface area (Å²) in [5.41, 5.74) is 2.70. The van der Waals surface area contributed by atoms with E-state index in [0.29, 0.717) is 22.8 Å². The molecule has 0 saturated carbocycles. The van der Waals surface area contributed by atoms with E-state index in [1.54, 1.807) is 30.3 Å². The Bertz CT molecular complexity index is 1230. The standard InChI is InChI=1S/C21H13N5O2/c22-13-14-4-3-5-16(12-14)23-21-18-6-1-2-7-19(18)24-20(25-21)15-8-10-17(11-9-15)26(27)28/h1-12H,(H,23,24,25). The number of hydrogen-bond acceptors (Lipinski definition) is 6. The van der Waals surface area contributed by atoms with Crippen LogP contribution in [0.2, 0.25) is 0 Å². The molecular formula is C21H13N5O2. The number of non-ortho nitro benzene ring substituents is 1. The second-order valence-corrected chi connectivity index (χ2v) is 6.03. The van der Waals surface area contributed by atoms with Gasteiger partial charge in [0.15, 0.2) is 5.82 Å². The molecular weight excluding hydrogens is 354 g/mol. The Labute approximate surface area is 160 Å². The highest BCUT2D eigenvalue weighted by Gasteiger charge is 2.11. The predicted octanol–water partition coefficient (Wildman–Crippen LogP) is 4.82. The largest absolute Gasteiger partial charge is 0.340 e. The zero-order valence-corrected chi connectivity index (χ0v) is 14.5. The van der Waals surface area contributed by atoms with Gasteiger partial charge in [0, 0.05) is 28.8 Å². The Morgan fingerprint density at radius 3 is 2.50 bits per heavy atom. The molecule has 1 aromatic heterocycles. The fourth-order valence-electron chi connectivity index (χ4n) is 2.84. The summed E-state index contributed by atoms with van der Waals surface area (Å²) in [5.74, 6) is 1.04. The summed E-state index contributed by atoms with van der Waals surface area (Å²) < 4.78 is 0. The number of para-hydroxylation sites is 1. The number of nitrogens with zero attached hydrogens (tertiary/aromatic N) is 4. The van der Waals surface area contributed by atoms with Gasteiger partial charge in [-0.2, -0.15) is 5.26 Å². The first-order chi connectivity index (χ1) is 13.6. The Hall–Kier alpha value is -4.31. The van der Waals surface area contributed by atoms with Crippen LogP contribution in [0.25, 0.3) is 22.3 Å². The van der Waals surface area contributed by atoms with Gasteiger partial charge >= 0.3 is 0 Å². The SMILES string of the molecule is N#Cc1cccc(Nc2nc(-c3ccc([N+](=O)[O-])cc3)nc3ccccc23)c1. The van der Waals surface area contributed by atoms with Crippen LogP contribution in [-0.4, -0.2) is 14.9 Å². The maximum atomic E-state index is 10.9. The molecule has 0 aliphatic carbocycles. The highest BCUT2D eigenvalue weighted by molar-refractivity contribution is 5.92. The quantitative estimate of drug-likeness (QED) is 0.409. The number of benzene rings is 3. The van der Waals surface area contributed by atoms with E-state index in [1.165, 1.54) is 12.1 Å². The van der Waals surface area contributed by atoms with Crippen molar-refractivity contribution < 1.29 is 4.92 Å². The van der Waals surface area contributed by atoms with Gasteiger partial charge in [0.25, 0.3) is 5.69 Å². The molecule has 7 nitrogen and oxygen atoms in total. The summed E-state index contributed by atoms with van der Waals surface area (Å²) in [7, 11) is 0. The summed E-state index contributed by atoms with van der Waals surface area (Å²) >= 11 is 0. The second-order valence-electron chi connectivity index (χ2n) is 6.03. The number of nitro groups is 1. The fourth-order valence-corrected chi connectivity index (χ4v) is 2.84. The van der Waals surface area contributed by atoms with Crippen LogP contribution >= 0.6 is 0 Å². The summed E-state index contributed by atoms with van der Waals surface area (Å²) in [6, 6.07) is 22.9. The summed E-state index contributed by atoms with van der Waals surface area (Å²) in [6.45, 7) is 0. The summed E-state index contributed by atoms with van der Waals surface area (Å²) in [6.07, 6.45) is 0. The molecule has 0 amide bonds. The molecule has 1 N–H and O–H groups in total. The maximum absolute atomic E-state index is 10.9. The first-order valence-electron chi connectivity index (χ1n) is 8.43. The zero-order chi connectivity index (χ0) is 19.5. The third-order valence-electron chi connectivity index (χ3n) is 4.19. The molecule has 0 unspecified atom stereocenters. The third kappa shape index (κ3) is 3.34. The monoisotopic (exact) mass is 367 g/mol. The van der Waals surface area contributed by atoms with E-state index in [4.69, 9.17) is 5.26 Å².